The molecular formula is C18H20BrNO2. The first kappa shape index (κ1) is 16.6. The van der Waals surface area contributed by atoms with Crippen LogP contribution in [0.15, 0.2) is 46.9 Å². The first-order valence-electron chi connectivity index (χ1n) is 7.26. The van der Waals surface area contributed by atoms with Gasteiger partial charge < -0.3 is 10.1 Å². The van der Waals surface area contributed by atoms with Gasteiger partial charge in [0.25, 0.3) is 5.91 Å². The molecule has 4 heteroatoms. The zero-order valence-corrected chi connectivity index (χ0v) is 14.6. The van der Waals surface area contributed by atoms with Crippen molar-refractivity contribution in [2.24, 2.45) is 5.92 Å². The molecule has 0 spiro atoms. The van der Waals surface area contributed by atoms with E-state index in [-0.39, 0.29) is 5.91 Å². The molecule has 2 rings (SSSR count). The molecule has 0 bridgehead atoms. The van der Waals surface area contributed by atoms with Crippen LogP contribution in [-0.2, 0) is 0 Å². The lowest BCUT2D eigenvalue weighted by Crippen LogP contribution is -2.12. The van der Waals surface area contributed by atoms with Gasteiger partial charge in [0.1, 0.15) is 5.75 Å². The number of hydrogen-bond donors (Lipinski definition) is 1. The molecule has 0 fully saturated rings. The van der Waals surface area contributed by atoms with E-state index in [2.05, 4.69) is 35.1 Å². The van der Waals surface area contributed by atoms with Gasteiger partial charge in [-0.15, -0.1) is 0 Å². The molecule has 0 aliphatic rings. The Morgan fingerprint density at radius 2 is 2.00 bits per heavy atom. The molecule has 0 aromatic heterocycles. The molecule has 22 heavy (non-hydrogen) atoms. The molecule has 2 aromatic carbocycles. The largest absolute Gasteiger partial charge is 0.493 e. The molecule has 3 nitrogen and oxygen atoms in total. The van der Waals surface area contributed by atoms with Gasteiger partial charge in [-0.1, -0.05) is 35.8 Å². The number of carbonyl (C=O) groups excluding carboxylic acids is 1. The first-order chi connectivity index (χ1) is 10.5. The van der Waals surface area contributed by atoms with Crippen LogP contribution >= 0.6 is 15.9 Å². The van der Waals surface area contributed by atoms with Crippen molar-refractivity contribution < 1.29 is 9.53 Å². The van der Waals surface area contributed by atoms with Gasteiger partial charge in [-0.05, 0) is 54.8 Å². The van der Waals surface area contributed by atoms with Crippen LogP contribution in [0.2, 0.25) is 0 Å². The fourth-order valence-corrected chi connectivity index (χ4v) is 2.16. The molecule has 0 unspecified atom stereocenters. The summed E-state index contributed by atoms with van der Waals surface area (Å²) in [6.45, 7) is 6.80. The number of nitrogens with one attached hydrogen (secondary N) is 1. The minimum Gasteiger partial charge on any atom is -0.493 e. The van der Waals surface area contributed by atoms with Crippen LogP contribution < -0.4 is 10.1 Å². The zero-order chi connectivity index (χ0) is 16.1. The molecule has 0 atom stereocenters. The van der Waals surface area contributed by atoms with Crippen LogP contribution in [0, 0.1) is 12.8 Å². The van der Waals surface area contributed by atoms with Crippen LogP contribution in [0.1, 0.15) is 29.8 Å². The highest BCUT2D eigenvalue weighted by molar-refractivity contribution is 9.10. The number of benzene rings is 2. The summed E-state index contributed by atoms with van der Waals surface area (Å²) in [6.07, 6.45) is 0. The maximum absolute atomic E-state index is 12.3. The Labute approximate surface area is 139 Å². The SMILES string of the molecule is Cc1cc(NC(=O)c2cccc(OCC(C)C)c2)ccc1Br. The predicted molar refractivity (Wildman–Crippen MR) is 93.6 cm³/mol. The number of halogens is 1. The Kier molecular flexibility index (Phi) is 5.61. The predicted octanol–water partition coefficient (Wildman–Crippen LogP) is 5.04. The third-order valence-electron chi connectivity index (χ3n) is 3.10. The molecule has 0 heterocycles. The van der Waals surface area contributed by atoms with Crippen molar-refractivity contribution in [1.82, 2.24) is 0 Å². The number of aryl methyl sites for hydroxylation is 1. The smallest absolute Gasteiger partial charge is 0.255 e. The Balaban J connectivity index is 2.08. The Bertz CT molecular complexity index is 668. The number of anilines is 1. The van der Waals surface area contributed by atoms with E-state index in [1.54, 1.807) is 12.1 Å². The maximum atomic E-state index is 12.3. The summed E-state index contributed by atoms with van der Waals surface area (Å²) >= 11 is 3.45. The van der Waals surface area contributed by atoms with Crippen molar-refractivity contribution in [3.05, 3.63) is 58.1 Å². The highest BCUT2D eigenvalue weighted by Gasteiger charge is 2.08. The topological polar surface area (TPSA) is 38.3 Å². The summed E-state index contributed by atoms with van der Waals surface area (Å²) < 4.78 is 6.68. The average Bonchev–Trinajstić information content (AvgIpc) is 2.49. The zero-order valence-electron chi connectivity index (χ0n) is 13.0. The van der Waals surface area contributed by atoms with Crippen molar-refractivity contribution in [3.63, 3.8) is 0 Å². The summed E-state index contributed by atoms with van der Waals surface area (Å²) in [5, 5.41) is 2.90. The molecular weight excluding hydrogens is 342 g/mol. The summed E-state index contributed by atoms with van der Waals surface area (Å²) in [5.74, 6) is 1.02. The van der Waals surface area contributed by atoms with Crippen LogP contribution in [0.5, 0.6) is 5.75 Å². The fraction of sp³-hybridized carbons (Fsp3) is 0.278. The van der Waals surface area contributed by atoms with E-state index >= 15 is 0 Å². The number of carbonyl (C=O) groups is 1. The van der Waals surface area contributed by atoms with Crippen molar-refractivity contribution in [3.8, 4) is 5.75 Å². The van der Waals surface area contributed by atoms with Crippen molar-refractivity contribution in [1.29, 1.82) is 0 Å². The van der Waals surface area contributed by atoms with E-state index in [0.29, 0.717) is 23.8 Å². The van der Waals surface area contributed by atoms with E-state index in [4.69, 9.17) is 4.74 Å². The Hall–Kier alpha value is -1.81. The standard InChI is InChI=1S/C18H20BrNO2/c1-12(2)11-22-16-6-4-5-14(10-16)18(21)20-15-7-8-17(19)13(3)9-15/h4-10,12H,11H2,1-3H3,(H,20,21). The van der Waals surface area contributed by atoms with Crippen LogP contribution in [0.4, 0.5) is 5.69 Å². The molecule has 1 N–H and O–H groups in total. The van der Waals surface area contributed by atoms with Crippen molar-refractivity contribution in [2.45, 2.75) is 20.8 Å². The minimum absolute atomic E-state index is 0.142. The molecule has 0 saturated heterocycles. The molecule has 0 aliphatic carbocycles. The number of amides is 1. The summed E-state index contributed by atoms with van der Waals surface area (Å²) in [7, 11) is 0. The van der Waals surface area contributed by atoms with Crippen LogP contribution in [0.25, 0.3) is 0 Å². The summed E-state index contributed by atoms with van der Waals surface area (Å²) in [6, 6.07) is 13.0. The van der Waals surface area contributed by atoms with Crippen LogP contribution in [0.3, 0.4) is 0 Å². The molecule has 2 aromatic rings. The molecule has 0 radical (unpaired) electrons. The van der Waals surface area contributed by atoms with Crippen molar-refractivity contribution >= 4 is 27.5 Å². The van der Waals surface area contributed by atoms with Gasteiger partial charge in [0.05, 0.1) is 6.61 Å². The van der Waals surface area contributed by atoms with Gasteiger partial charge in [-0.2, -0.15) is 0 Å². The summed E-state index contributed by atoms with van der Waals surface area (Å²) in [4.78, 5) is 12.3. The van der Waals surface area contributed by atoms with Gasteiger partial charge in [0.15, 0.2) is 0 Å². The average molecular weight is 362 g/mol. The van der Waals surface area contributed by atoms with Gasteiger partial charge in [0, 0.05) is 15.7 Å². The molecule has 1 amide bonds. The van der Waals surface area contributed by atoms with E-state index in [1.807, 2.05) is 37.3 Å². The third kappa shape index (κ3) is 4.60. The monoisotopic (exact) mass is 361 g/mol. The van der Waals surface area contributed by atoms with Gasteiger partial charge in [-0.3, -0.25) is 4.79 Å². The Morgan fingerprint density at radius 3 is 2.68 bits per heavy atom. The minimum atomic E-state index is -0.142. The van der Waals surface area contributed by atoms with E-state index in [9.17, 15) is 4.79 Å². The fourth-order valence-electron chi connectivity index (χ4n) is 1.92. The molecule has 0 saturated carbocycles. The molecule has 0 aliphatic heterocycles. The number of ether oxygens (including phenoxy) is 1. The van der Waals surface area contributed by atoms with E-state index < -0.39 is 0 Å². The second kappa shape index (κ2) is 7.45. The lowest BCUT2D eigenvalue weighted by atomic mass is 10.1. The third-order valence-corrected chi connectivity index (χ3v) is 3.99. The van der Waals surface area contributed by atoms with E-state index in [1.165, 1.54) is 0 Å². The Morgan fingerprint density at radius 1 is 1.23 bits per heavy atom. The lowest BCUT2D eigenvalue weighted by Gasteiger charge is -2.11. The van der Waals surface area contributed by atoms with E-state index in [0.717, 1.165) is 15.7 Å². The number of hydrogen-bond acceptors (Lipinski definition) is 2. The van der Waals surface area contributed by atoms with Gasteiger partial charge >= 0.3 is 0 Å². The first-order valence-corrected chi connectivity index (χ1v) is 8.05. The van der Waals surface area contributed by atoms with Crippen LogP contribution in [-0.4, -0.2) is 12.5 Å². The molecule has 116 valence electrons. The lowest BCUT2D eigenvalue weighted by molar-refractivity contribution is 0.102. The maximum Gasteiger partial charge on any atom is 0.255 e. The van der Waals surface area contributed by atoms with Gasteiger partial charge in [0.2, 0.25) is 0 Å². The van der Waals surface area contributed by atoms with Crippen molar-refractivity contribution in [2.75, 3.05) is 11.9 Å². The highest BCUT2D eigenvalue weighted by Crippen LogP contribution is 2.21. The normalized spacial score (nSPS) is 10.6. The van der Waals surface area contributed by atoms with Gasteiger partial charge in [-0.25, -0.2) is 0 Å². The highest BCUT2D eigenvalue weighted by atomic mass is 79.9. The second-order valence-electron chi connectivity index (χ2n) is 5.65. The quantitative estimate of drug-likeness (QED) is 0.809. The second-order valence-corrected chi connectivity index (χ2v) is 6.51. The summed E-state index contributed by atoms with van der Waals surface area (Å²) in [5.41, 5.74) is 2.44. The number of rotatable bonds is 5.